The molecule has 2 fully saturated rings. The fraction of sp³-hybridized carbons (Fsp3) is 0.500. The van der Waals surface area contributed by atoms with E-state index in [0.717, 1.165) is 31.5 Å². The van der Waals surface area contributed by atoms with E-state index in [-0.39, 0.29) is 23.7 Å². The minimum absolute atomic E-state index is 0.110. The normalized spacial score (nSPS) is 30.2. The second-order valence-electron chi connectivity index (χ2n) is 5.20. The molecule has 1 aliphatic heterocycles. The number of hydrogen-bond acceptors (Lipinski definition) is 2. The molecule has 0 spiro atoms. The smallest absolute Gasteiger partial charge is 0.224 e. The van der Waals surface area contributed by atoms with Gasteiger partial charge in [0.05, 0.1) is 5.92 Å². The van der Waals surface area contributed by atoms with Crippen LogP contribution in [0.25, 0.3) is 0 Å². The molecule has 18 heavy (non-hydrogen) atoms. The fourth-order valence-corrected chi connectivity index (χ4v) is 2.64. The lowest BCUT2D eigenvalue weighted by atomic mass is 10.1. The Morgan fingerprint density at radius 2 is 2.33 bits per heavy atom. The molecule has 4 heteroatoms. The Morgan fingerprint density at radius 3 is 3.06 bits per heavy atom. The van der Waals surface area contributed by atoms with Gasteiger partial charge >= 0.3 is 0 Å². The Balaban J connectivity index is 1.56. The van der Waals surface area contributed by atoms with Crippen LogP contribution in [-0.2, 0) is 4.79 Å². The maximum atomic E-state index is 13.1. The highest BCUT2D eigenvalue weighted by Gasteiger charge is 2.40. The number of hydrogen-bond donors (Lipinski definition) is 2. The largest absolute Gasteiger partial charge is 0.352 e. The molecule has 3 unspecified atom stereocenters. The quantitative estimate of drug-likeness (QED) is 0.849. The van der Waals surface area contributed by atoms with Crippen molar-refractivity contribution < 1.29 is 9.18 Å². The Labute approximate surface area is 106 Å². The van der Waals surface area contributed by atoms with Gasteiger partial charge in [0.1, 0.15) is 5.82 Å². The summed E-state index contributed by atoms with van der Waals surface area (Å²) in [4.78, 5) is 11.9. The van der Waals surface area contributed by atoms with Gasteiger partial charge < -0.3 is 10.6 Å². The highest BCUT2D eigenvalue weighted by molar-refractivity contribution is 5.80. The van der Waals surface area contributed by atoms with E-state index < -0.39 is 0 Å². The van der Waals surface area contributed by atoms with E-state index in [9.17, 15) is 9.18 Å². The first-order valence-electron chi connectivity index (χ1n) is 6.50. The van der Waals surface area contributed by atoms with Gasteiger partial charge in [-0.25, -0.2) is 4.39 Å². The first-order valence-corrected chi connectivity index (χ1v) is 6.50. The van der Waals surface area contributed by atoms with Gasteiger partial charge in [-0.2, -0.15) is 0 Å². The SMILES string of the molecule is O=C(NC1CC1c1cccc(F)c1)C1CCNC1. The summed E-state index contributed by atoms with van der Waals surface area (Å²) in [7, 11) is 0. The molecule has 0 aromatic heterocycles. The molecule has 1 aliphatic carbocycles. The summed E-state index contributed by atoms with van der Waals surface area (Å²) in [5.74, 6) is 0.339. The number of halogens is 1. The second-order valence-corrected chi connectivity index (χ2v) is 5.20. The molecule has 2 N–H and O–H groups in total. The number of carbonyl (C=O) groups excluding carboxylic acids is 1. The second kappa shape index (κ2) is 4.69. The number of carbonyl (C=O) groups is 1. The zero-order valence-electron chi connectivity index (χ0n) is 10.2. The van der Waals surface area contributed by atoms with Crippen LogP contribution >= 0.6 is 0 Å². The molecule has 1 heterocycles. The predicted octanol–water partition coefficient (Wildman–Crippen LogP) is 1.41. The van der Waals surface area contributed by atoms with Crippen molar-refractivity contribution in [2.45, 2.75) is 24.8 Å². The molecular formula is C14H17FN2O. The van der Waals surface area contributed by atoms with Crippen LogP contribution in [0.1, 0.15) is 24.3 Å². The van der Waals surface area contributed by atoms with Crippen molar-refractivity contribution in [2.75, 3.05) is 13.1 Å². The summed E-state index contributed by atoms with van der Waals surface area (Å²) in [6.07, 6.45) is 1.85. The molecule has 0 radical (unpaired) electrons. The van der Waals surface area contributed by atoms with Crippen LogP contribution in [0.3, 0.4) is 0 Å². The van der Waals surface area contributed by atoms with E-state index >= 15 is 0 Å². The Kier molecular flexibility index (Phi) is 3.04. The van der Waals surface area contributed by atoms with Gasteiger partial charge in [0, 0.05) is 18.5 Å². The van der Waals surface area contributed by atoms with Gasteiger partial charge in [-0.1, -0.05) is 12.1 Å². The van der Waals surface area contributed by atoms with Crippen molar-refractivity contribution in [3.63, 3.8) is 0 Å². The predicted molar refractivity (Wildman–Crippen MR) is 66.7 cm³/mol. The Morgan fingerprint density at radius 1 is 1.44 bits per heavy atom. The first kappa shape index (κ1) is 11.7. The first-order chi connectivity index (χ1) is 8.74. The zero-order valence-corrected chi connectivity index (χ0v) is 10.2. The van der Waals surface area contributed by atoms with Gasteiger partial charge in [-0.3, -0.25) is 4.79 Å². The van der Waals surface area contributed by atoms with Crippen LogP contribution in [0.5, 0.6) is 0 Å². The van der Waals surface area contributed by atoms with Crippen LogP contribution in [0.4, 0.5) is 4.39 Å². The summed E-state index contributed by atoms with van der Waals surface area (Å²) in [6.45, 7) is 1.71. The van der Waals surface area contributed by atoms with Gasteiger partial charge in [0.15, 0.2) is 0 Å². The van der Waals surface area contributed by atoms with E-state index in [1.54, 1.807) is 12.1 Å². The zero-order chi connectivity index (χ0) is 12.5. The summed E-state index contributed by atoms with van der Waals surface area (Å²) in [5, 5.41) is 6.25. The average molecular weight is 248 g/mol. The molecule has 1 amide bonds. The molecular weight excluding hydrogens is 231 g/mol. The third-order valence-electron chi connectivity index (χ3n) is 3.83. The maximum absolute atomic E-state index is 13.1. The molecule has 0 bridgehead atoms. The summed E-state index contributed by atoms with van der Waals surface area (Å²) < 4.78 is 13.1. The molecule has 2 aliphatic rings. The van der Waals surface area contributed by atoms with Gasteiger partial charge in [-0.05, 0) is 37.1 Å². The molecule has 96 valence electrons. The number of benzene rings is 1. The van der Waals surface area contributed by atoms with Crippen molar-refractivity contribution in [2.24, 2.45) is 5.92 Å². The topological polar surface area (TPSA) is 41.1 Å². The molecule has 3 nitrogen and oxygen atoms in total. The monoisotopic (exact) mass is 248 g/mol. The van der Waals surface area contributed by atoms with Crippen molar-refractivity contribution in [3.8, 4) is 0 Å². The molecule has 1 saturated heterocycles. The van der Waals surface area contributed by atoms with Crippen LogP contribution in [0.2, 0.25) is 0 Å². The van der Waals surface area contributed by atoms with Crippen molar-refractivity contribution >= 4 is 5.91 Å². The Hall–Kier alpha value is -1.42. The number of amides is 1. The van der Waals surface area contributed by atoms with Crippen molar-refractivity contribution in [1.29, 1.82) is 0 Å². The van der Waals surface area contributed by atoms with E-state index in [2.05, 4.69) is 10.6 Å². The average Bonchev–Trinajstić information content (AvgIpc) is 2.91. The number of rotatable bonds is 3. The standard InChI is InChI=1S/C14H17FN2O/c15-11-3-1-2-9(6-11)12-7-13(12)17-14(18)10-4-5-16-8-10/h1-3,6,10,12-13,16H,4-5,7-8H2,(H,17,18). The van der Waals surface area contributed by atoms with Crippen molar-refractivity contribution in [3.05, 3.63) is 35.6 Å². The summed E-state index contributed by atoms with van der Waals surface area (Å²) in [6, 6.07) is 6.86. The van der Waals surface area contributed by atoms with Gasteiger partial charge in [0.25, 0.3) is 0 Å². The lowest BCUT2D eigenvalue weighted by Gasteiger charge is -2.09. The Bertz CT molecular complexity index is 457. The lowest BCUT2D eigenvalue weighted by molar-refractivity contribution is -0.124. The molecule has 3 atom stereocenters. The van der Waals surface area contributed by atoms with Crippen LogP contribution in [-0.4, -0.2) is 25.0 Å². The van der Waals surface area contributed by atoms with E-state index in [1.165, 1.54) is 6.07 Å². The maximum Gasteiger partial charge on any atom is 0.224 e. The summed E-state index contributed by atoms with van der Waals surface area (Å²) in [5.41, 5.74) is 0.991. The van der Waals surface area contributed by atoms with E-state index in [1.807, 2.05) is 6.07 Å². The molecule has 1 aromatic carbocycles. The molecule has 1 saturated carbocycles. The van der Waals surface area contributed by atoms with E-state index in [0.29, 0.717) is 5.92 Å². The van der Waals surface area contributed by atoms with Crippen LogP contribution in [0.15, 0.2) is 24.3 Å². The minimum atomic E-state index is -0.204. The van der Waals surface area contributed by atoms with Gasteiger partial charge in [0.2, 0.25) is 5.91 Å². The molecule has 1 aromatic rings. The summed E-state index contributed by atoms with van der Waals surface area (Å²) >= 11 is 0. The van der Waals surface area contributed by atoms with Gasteiger partial charge in [-0.15, -0.1) is 0 Å². The van der Waals surface area contributed by atoms with Crippen LogP contribution < -0.4 is 10.6 Å². The van der Waals surface area contributed by atoms with Crippen molar-refractivity contribution in [1.82, 2.24) is 10.6 Å². The third kappa shape index (κ3) is 2.38. The lowest BCUT2D eigenvalue weighted by Crippen LogP contribution is -2.34. The highest BCUT2D eigenvalue weighted by Crippen LogP contribution is 2.41. The minimum Gasteiger partial charge on any atom is -0.352 e. The number of nitrogens with one attached hydrogen (secondary N) is 2. The molecule has 3 rings (SSSR count). The van der Waals surface area contributed by atoms with Crippen LogP contribution in [0, 0.1) is 11.7 Å². The third-order valence-corrected chi connectivity index (χ3v) is 3.83. The van der Waals surface area contributed by atoms with E-state index in [4.69, 9.17) is 0 Å². The fourth-order valence-electron chi connectivity index (χ4n) is 2.64. The highest BCUT2D eigenvalue weighted by atomic mass is 19.1.